The molecule has 0 aliphatic carbocycles. The summed E-state index contributed by atoms with van der Waals surface area (Å²) in [5.41, 5.74) is 8.98. The number of unbranched alkanes of at least 4 members (excludes halogenated alkanes) is 1. The number of hydrogen-bond acceptors (Lipinski definition) is 3. The van der Waals surface area contributed by atoms with E-state index in [-0.39, 0.29) is 11.8 Å². The average Bonchev–Trinajstić information content (AvgIpc) is 3.61. The van der Waals surface area contributed by atoms with Gasteiger partial charge in [-0.1, -0.05) is 49.7 Å². The Morgan fingerprint density at radius 3 is 2.53 bits per heavy atom. The molecule has 0 atom stereocenters. The number of anilines is 1. The standard InChI is InChI=1S/C32H38N4O2/c1-4-5-8-23-9-11-24(12-10-23)25-13-14-26-27(31(37)35-29(26)19-25)20-28-21(2)30(22(3)34-28)32(38)33-15-18-36-16-6-7-17-36/h9-14,19-20,34H,4-8,15-18H2,1-3H3,(H,33,38)(H,35,37). The Balaban J connectivity index is 1.33. The smallest absolute Gasteiger partial charge is 0.256 e. The second kappa shape index (κ2) is 11.4. The third kappa shape index (κ3) is 5.46. The molecule has 0 bridgehead atoms. The fourth-order valence-electron chi connectivity index (χ4n) is 5.59. The quantitative estimate of drug-likeness (QED) is 0.311. The molecular weight excluding hydrogens is 472 g/mol. The maximum absolute atomic E-state index is 13.0. The van der Waals surface area contributed by atoms with E-state index in [9.17, 15) is 9.59 Å². The van der Waals surface area contributed by atoms with Crippen molar-refractivity contribution in [3.05, 3.63) is 76.1 Å². The van der Waals surface area contributed by atoms with Crippen LogP contribution in [0, 0.1) is 13.8 Å². The number of aromatic nitrogens is 1. The van der Waals surface area contributed by atoms with Gasteiger partial charge in [0.2, 0.25) is 0 Å². The van der Waals surface area contributed by atoms with Gasteiger partial charge in [-0.3, -0.25) is 9.59 Å². The summed E-state index contributed by atoms with van der Waals surface area (Å²) >= 11 is 0. The molecule has 2 aliphatic rings. The average molecular weight is 511 g/mol. The van der Waals surface area contributed by atoms with Gasteiger partial charge < -0.3 is 20.5 Å². The van der Waals surface area contributed by atoms with Crippen LogP contribution in [0.5, 0.6) is 0 Å². The molecule has 3 N–H and O–H groups in total. The summed E-state index contributed by atoms with van der Waals surface area (Å²) in [4.78, 5) is 31.6. The van der Waals surface area contributed by atoms with Gasteiger partial charge in [-0.05, 0) is 87.0 Å². The number of nitrogens with one attached hydrogen (secondary N) is 3. The fourth-order valence-corrected chi connectivity index (χ4v) is 5.59. The molecule has 38 heavy (non-hydrogen) atoms. The third-order valence-electron chi connectivity index (χ3n) is 7.81. The first-order valence-corrected chi connectivity index (χ1v) is 13.9. The molecule has 1 aromatic heterocycles. The van der Waals surface area contributed by atoms with E-state index >= 15 is 0 Å². The number of hydrogen-bond donors (Lipinski definition) is 3. The molecule has 2 aromatic carbocycles. The molecule has 0 spiro atoms. The van der Waals surface area contributed by atoms with E-state index in [1.165, 1.54) is 31.2 Å². The van der Waals surface area contributed by atoms with Gasteiger partial charge >= 0.3 is 0 Å². The van der Waals surface area contributed by atoms with Crippen molar-refractivity contribution >= 4 is 29.2 Å². The molecule has 0 unspecified atom stereocenters. The first-order chi connectivity index (χ1) is 18.4. The molecule has 6 nitrogen and oxygen atoms in total. The van der Waals surface area contributed by atoms with E-state index in [2.05, 4.69) is 57.8 Å². The minimum atomic E-state index is -0.129. The van der Waals surface area contributed by atoms with Gasteiger partial charge in [0.25, 0.3) is 11.8 Å². The van der Waals surface area contributed by atoms with Crippen LogP contribution in [0.15, 0.2) is 42.5 Å². The van der Waals surface area contributed by atoms with Crippen molar-refractivity contribution in [2.75, 3.05) is 31.5 Å². The number of amides is 2. The number of carbonyl (C=O) groups excluding carboxylic acids is 2. The maximum atomic E-state index is 13.0. The lowest BCUT2D eigenvalue weighted by atomic mass is 9.98. The van der Waals surface area contributed by atoms with E-state index in [4.69, 9.17) is 0 Å². The van der Waals surface area contributed by atoms with Crippen LogP contribution in [0.2, 0.25) is 0 Å². The van der Waals surface area contributed by atoms with Crippen LogP contribution in [0.25, 0.3) is 22.8 Å². The van der Waals surface area contributed by atoms with Crippen molar-refractivity contribution in [2.24, 2.45) is 0 Å². The number of nitrogens with zero attached hydrogens (tertiary/aromatic N) is 1. The van der Waals surface area contributed by atoms with Crippen molar-refractivity contribution < 1.29 is 9.59 Å². The number of benzene rings is 2. The minimum absolute atomic E-state index is 0.0678. The van der Waals surface area contributed by atoms with Gasteiger partial charge in [0.15, 0.2) is 0 Å². The molecule has 0 saturated carbocycles. The summed E-state index contributed by atoms with van der Waals surface area (Å²) in [5.74, 6) is -0.197. The first kappa shape index (κ1) is 26.0. The normalized spacial score (nSPS) is 16.2. The lowest BCUT2D eigenvalue weighted by Crippen LogP contribution is -2.33. The monoisotopic (exact) mass is 510 g/mol. The maximum Gasteiger partial charge on any atom is 0.256 e. The van der Waals surface area contributed by atoms with Crippen LogP contribution in [-0.4, -0.2) is 47.9 Å². The topological polar surface area (TPSA) is 77.2 Å². The molecule has 0 radical (unpaired) electrons. The van der Waals surface area contributed by atoms with Gasteiger partial charge in [-0.15, -0.1) is 0 Å². The van der Waals surface area contributed by atoms with Crippen LogP contribution >= 0.6 is 0 Å². The molecule has 3 aromatic rings. The second-order valence-electron chi connectivity index (χ2n) is 10.5. The zero-order valence-electron chi connectivity index (χ0n) is 22.7. The van der Waals surface area contributed by atoms with Gasteiger partial charge in [-0.2, -0.15) is 0 Å². The van der Waals surface area contributed by atoms with Gasteiger partial charge in [0.05, 0.1) is 11.1 Å². The van der Waals surface area contributed by atoms with Crippen molar-refractivity contribution in [1.29, 1.82) is 0 Å². The highest BCUT2D eigenvalue weighted by Crippen LogP contribution is 2.37. The zero-order valence-corrected chi connectivity index (χ0v) is 22.7. The van der Waals surface area contributed by atoms with E-state index in [0.717, 1.165) is 65.4 Å². The fraction of sp³-hybridized carbons (Fsp3) is 0.375. The van der Waals surface area contributed by atoms with Crippen LogP contribution < -0.4 is 10.6 Å². The Kier molecular flexibility index (Phi) is 7.79. The van der Waals surface area contributed by atoms with Gasteiger partial charge in [-0.25, -0.2) is 0 Å². The highest BCUT2D eigenvalue weighted by atomic mass is 16.2. The zero-order chi connectivity index (χ0) is 26.6. The third-order valence-corrected chi connectivity index (χ3v) is 7.81. The molecule has 2 aliphatic heterocycles. The lowest BCUT2D eigenvalue weighted by molar-refractivity contribution is -0.110. The van der Waals surface area contributed by atoms with E-state index in [1.54, 1.807) is 0 Å². The first-order valence-electron chi connectivity index (χ1n) is 13.9. The minimum Gasteiger partial charge on any atom is -0.358 e. The molecule has 1 saturated heterocycles. The predicted molar refractivity (Wildman–Crippen MR) is 155 cm³/mol. The Labute approximate surface area is 225 Å². The summed E-state index contributed by atoms with van der Waals surface area (Å²) in [6, 6.07) is 14.8. The number of rotatable bonds is 9. The molecule has 1 fully saturated rings. The predicted octanol–water partition coefficient (Wildman–Crippen LogP) is 5.96. The summed E-state index contributed by atoms with van der Waals surface area (Å²) in [7, 11) is 0. The van der Waals surface area contributed by atoms with E-state index in [0.29, 0.717) is 17.7 Å². The number of aryl methyl sites for hydroxylation is 2. The van der Waals surface area contributed by atoms with Crippen LogP contribution in [0.4, 0.5) is 5.69 Å². The largest absolute Gasteiger partial charge is 0.358 e. The summed E-state index contributed by atoms with van der Waals surface area (Å²) in [6.07, 6.45) is 7.84. The number of carbonyl (C=O) groups is 2. The SMILES string of the molecule is CCCCc1ccc(-c2ccc3c(c2)NC(=O)C3=Cc2[nH]c(C)c(C(=O)NCCN3CCCC3)c2C)cc1. The molecule has 198 valence electrons. The van der Waals surface area contributed by atoms with Crippen LogP contribution in [-0.2, 0) is 11.2 Å². The number of aromatic amines is 1. The van der Waals surface area contributed by atoms with Crippen molar-refractivity contribution in [1.82, 2.24) is 15.2 Å². The summed E-state index contributed by atoms with van der Waals surface area (Å²) in [6.45, 7) is 9.81. The second-order valence-corrected chi connectivity index (χ2v) is 10.5. The Bertz CT molecular complexity index is 1360. The Hall–Kier alpha value is -3.64. The highest BCUT2D eigenvalue weighted by molar-refractivity contribution is 6.35. The molecule has 3 heterocycles. The number of likely N-dealkylation sites (tertiary alicyclic amines) is 1. The Morgan fingerprint density at radius 2 is 1.79 bits per heavy atom. The van der Waals surface area contributed by atoms with Gasteiger partial charge in [0, 0.05) is 35.7 Å². The van der Waals surface area contributed by atoms with Crippen LogP contribution in [0.3, 0.4) is 0 Å². The van der Waals surface area contributed by atoms with Crippen molar-refractivity contribution in [2.45, 2.75) is 52.9 Å². The molecule has 6 heteroatoms. The number of H-pyrrole nitrogens is 1. The molecular formula is C32H38N4O2. The Morgan fingerprint density at radius 1 is 1.05 bits per heavy atom. The number of fused-ring (bicyclic) bond motifs is 1. The highest BCUT2D eigenvalue weighted by Gasteiger charge is 2.26. The summed E-state index contributed by atoms with van der Waals surface area (Å²) in [5, 5.41) is 6.10. The van der Waals surface area contributed by atoms with Crippen LogP contribution in [0.1, 0.15) is 71.0 Å². The van der Waals surface area contributed by atoms with Crippen molar-refractivity contribution in [3.8, 4) is 11.1 Å². The van der Waals surface area contributed by atoms with Gasteiger partial charge in [0.1, 0.15) is 0 Å². The molecule has 2 amide bonds. The summed E-state index contributed by atoms with van der Waals surface area (Å²) < 4.78 is 0. The van der Waals surface area contributed by atoms with E-state index < -0.39 is 0 Å². The van der Waals surface area contributed by atoms with E-state index in [1.807, 2.05) is 32.1 Å². The van der Waals surface area contributed by atoms with Crippen molar-refractivity contribution in [3.63, 3.8) is 0 Å². The molecule has 5 rings (SSSR count). The lowest BCUT2D eigenvalue weighted by Gasteiger charge is -2.14.